The molecule has 7 heteroatoms. The molecule has 1 aromatic heterocycles. The summed E-state index contributed by atoms with van der Waals surface area (Å²) in [6.45, 7) is -0.0897. The van der Waals surface area contributed by atoms with Crippen LogP contribution in [0.25, 0.3) is 10.9 Å². The summed E-state index contributed by atoms with van der Waals surface area (Å²) in [5, 5.41) is 16.1. The van der Waals surface area contributed by atoms with Crippen molar-refractivity contribution in [3.8, 4) is 0 Å². The fraction of sp³-hybridized carbons (Fsp3) is 0.300. The van der Waals surface area contributed by atoms with Crippen molar-refractivity contribution < 1.29 is 18.3 Å². The van der Waals surface area contributed by atoms with E-state index < -0.39 is 17.8 Å². The van der Waals surface area contributed by atoms with Crippen LogP contribution in [-0.2, 0) is 6.18 Å². The Kier molecular flexibility index (Phi) is 2.80. The van der Waals surface area contributed by atoms with Crippen molar-refractivity contribution in [2.24, 2.45) is 5.73 Å². The third kappa shape index (κ3) is 2.11. The van der Waals surface area contributed by atoms with Crippen LogP contribution >= 0.6 is 0 Å². The Hall–Kier alpha value is -1.60. The average Bonchev–Trinajstić information content (AvgIpc) is 2.69. The standard InChI is InChI=1S/C10H10F3N3O/c11-10(12,13)5-1-2-7-6(3-5)9(16-15-7)8(17)4-14/h1-3,8,17H,4,14H2,(H,15,16). The van der Waals surface area contributed by atoms with Gasteiger partial charge >= 0.3 is 6.18 Å². The first-order valence-corrected chi connectivity index (χ1v) is 4.87. The van der Waals surface area contributed by atoms with Gasteiger partial charge in [-0.15, -0.1) is 0 Å². The highest BCUT2D eigenvalue weighted by Gasteiger charge is 2.31. The van der Waals surface area contributed by atoms with Gasteiger partial charge in [-0.25, -0.2) is 0 Å². The molecule has 2 aromatic rings. The summed E-state index contributed by atoms with van der Waals surface area (Å²) in [4.78, 5) is 0. The summed E-state index contributed by atoms with van der Waals surface area (Å²) in [5.41, 5.74) is 5.04. The summed E-state index contributed by atoms with van der Waals surface area (Å²) in [6, 6.07) is 3.15. The molecule has 0 amide bonds. The summed E-state index contributed by atoms with van der Waals surface area (Å²) >= 11 is 0. The molecule has 0 radical (unpaired) electrons. The van der Waals surface area contributed by atoms with Gasteiger partial charge in [0.1, 0.15) is 6.10 Å². The molecule has 17 heavy (non-hydrogen) atoms. The number of aliphatic hydroxyl groups is 1. The van der Waals surface area contributed by atoms with E-state index >= 15 is 0 Å². The molecule has 0 saturated carbocycles. The van der Waals surface area contributed by atoms with Crippen molar-refractivity contribution in [1.29, 1.82) is 0 Å². The molecule has 1 heterocycles. The third-order valence-electron chi connectivity index (χ3n) is 2.47. The van der Waals surface area contributed by atoms with Crippen LogP contribution in [0.2, 0.25) is 0 Å². The van der Waals surface area contributed by atoms with E-state index in [0.29, 0.717) is 5.52 Å². The minimum absolute atomic E-state index is 0.0897. The highest BCUT2D eigenvalue weighted by Crippen LogP contribution is 2.32. The van der Waals surface area contributed by atoms with Crippen molar-refractivity contribution in [3.05, 3.63) is 29.5 Å². The van der Waals surface area contributed by atoms with Crippen molar-refractivity contribution in [1.82, 2.24) is 10.2 Å². The average molecular weight is 245 g/mol. The second-order valence-electron chi connectivity index (χ2n) is 3.62. The molecule has 1 atom stereocenters. The van der Waals surface area contributed by atoms with Gasteiger partial charge < -0.3 is 10.8 Å². The van der Waals surface area contributed by atoms with Gasteiger partial charge in [0.15, 0.2) is 0 Å². The molecule has 0 aliphatic rings. The first kappa shape index (κ1) is 11.9. The predicted molar refractivity (Wildman–Crippen MR) is 55.1 cm³/mol. The number of aliphatic hydroxyl groups excluding tert-OH is 1. The van der Waals surface area contributed by atoms with Crippen LogP contribution in [0.1, 0.15) is 17.4 Å². The number of nitrogens with zero attached hydrogens (tertiary/aromatic N) is 1. The van der Waals surface area contributed by atoms with Crippen LogP contribution in [0.15, 0.2) is 18.2 Å². The fourth-order valence-electron chi connectivity index (χ4n) is 1.58. The van der Waals surface area contributed by atoms with Gasteiger partial charge in [0.25, 0.3) is 0 Å². The molecule has 1 unspecified atom stereocenters. The molecule has 0 aliphatic heterocycles. The van der Waals surface area contributed by atoms with Crippen molar-refractivity contribution in [3.63, 3.8) is 0 Å². The zero-order valence-electron chi connectivity index (χ0n) is 8.62. The summed E-state index contributed by atoms with van der Waals surface area (Å²) < 4.78 is 37.6. The summed E-state index contributed by atoms with van der Waals surface area (Å²) in [7, 11) is 0. The van der Waals surface area contributed by atoms with Gasteiger partial charge in [-0.2, -0.15) is 18.3 Å². The number of nitrogens with two attached hydrogens (primary N) is 1. The maximum Gasteiger partial charge on any atom is 0.416 e. The smallest absolute Gasteiger partial charge is 0.385 e. The quantitative estimate of drug-likeness (QED) is 0.751. The monoisotopic (exact) mass is 245 g/mol. The van der Waals surface area contributed by atoms with E-state index in [0.717, 1.165) is 12.1 Å². The van der Waals surface area contributed by atoms with Crippen LogP contribution in [0, 0.1) is 0 Å². The lowest BCUT2D eigenvalue weighted by molar-refractivity contribution is -0.137. The van der Waals surface area contributed by atoms with Gasteiger partial charge in [0.05, 0.1) is 16.8 Å². The number of nitrogens with one attached hydrogen (secondary N) is 1. The first-order chi connectivity index (χ1) is 7.93. The van der Waals surface area contributed by atoms with E-state index in [4.69, 9.17) is 5.73 Å². The van der Waals surface area contributed by atoms with Crippen LogP contribution in [0.4, 0.5) is 13.2 Å². The lowest BCUT2D eigenvalue weighted by Crippen LogP contribution is -2.12. The first-order valence-electron chi connectivity index (χ1n) is 4.87. The number of aromatic nitrogens is 2. The number of aromatic amines is 1. The molecule has 2 rings (SSSR count). The molecule has 0 saturated heterocycles. The van der Waals surface area contributed by atoms with Gasteiger partial charge in [0, 0.05) is 11.9 Å². The van der Waals surface area contributed by atoms with Crippen molar-refractivity contribution >= 4 is 10.9 Å². The maximum atomic E-state index is 12.5. The number of rotatable bonds is 2. The molecular weight excluding hydrogens is 235 g/mol. The topological polar surface area (TPSA) is 74.9 Å². The van der Waals surface area contributed by atoms with E-state index in [1.54, 1.807) is 0 Å². The van der Waals surface area contributed by atoms with Gasteiger partial charge in [-0.1, -0.05) is 0 Å². The summed E-state index contributed by atoms with van der Waals surface area (Å²) in [6.07, 6.45) is -5.47. The molecule has 4 N–H and O–H groups in total. The highest BCUT2D eigenvalue weighted by molar-refractivity contribution is 5.82. The second-order valence-corrected chi connectivity index (χ2v) is 3.62. The molecule has 0 spiro atoms. The SMILES string of the molecule is NCC(O)c1[nH]nc2ccc(C(F)(F)F)cc12. The minimum atomic E-state index is -4.42. The number of benzene rings is 1. The molecule has 0 bridgehead atoms. The number of hydrogen-bond donors (Lipinski definition) is 3. The Bertz CT molecular complexity index is 535. The molecule has 92 valence electrons. The molecule has 0 fully saturated rings. The number of fused-ring (bicyclic) bond motifs is 1. The van der Waals surface area contributed by atoms with E-state index in [-0.39, 0.29) is 17.6 Å². The summed E-state index contributed by atoms with van der Waals surface area (Å²) in [5.74, 6) is 0. The Labute approximate surface area is 94.2 Å². The van der Waals surface area contributed by atoms with Crippen LogP contribution in [-0.4, -0.2) is 21.8 Å². The van der Waals surface area contributed by atoms with Crippen LogP contribution < -0.4 is 5.73 Å². The van der Waals surface area contributed by atoms with Crippen molar-refractivity contribution in [2.75, 3.05) is 6.54 Å². The Balaban J connectivity index is 2.58. The number of H-pyrrole nitrogens is 1. The third-order valence-corrected chi connectivity index (χ3v) is 2.47. The van der Waals surface area contributed by atoms with E-state index in [2.05, 4.69) is 10.2 Å². The van der Waals surface area contributed by atoms with Crippen LogP contribution in [0.5, 0.6) is 0 Å². The number of halogens is 3. The fourth-order valence-corrected chi connectivity index (χ4v) is 1.58. The largest absolute Gasteiger partial charge is 0.416 e. The molecule has 0 aliphatic carbocycles. The van der Waals surface area contributed by atoms with Crippen LogP contribution in [0.3, 0.4) is 0 Å². The minimum Gasteiger partial charge on any atom is -0.385 e. The zero-order chi connectivity index (χ0) is 12.6. The Morgan fingerprint density at radius 1 is 1.41 bits per heavy atom. The number of hydrogen-bond acceptors (Lipinski definition) is 3. The van der Waals surface area contributed by atoms with Gasteiger partial charge in [-0.3, -0.25) is 5.10 Å². The van der Waals surface area contributed by atoms with E-state index in [1.165, 1.54) is 6.07 Å². The molecular formula is C10H10F3N3O. The Morgan fingerprint density at radius 2 is 2.12 bits per heavy atom. The lowest BCUT2D eigenvalue weighted by Gasteiger charge is -2.08. The normalized spacial score (nSPS) is 14.2. The van der Waals surface area contributed by atoms with Crippen molar-refractivity contribution in [2.45, 2.75) is 12.3 Å². The molecule has 4 nitrogen and oxygen atoms in total. The van der Waals surface area contributed by atoms with Gasteiger partial charge in [0.2, 0.25) is 0 Å². The molecule has 1 aromatic carbocycles. The Morgan fingerprint density at radius 3 is 2.71 bits per heavy atom. The highest BCUT2D eigenvalue weighted by atomic mass is 19.4. The number of alkyl halides is 3. The van der Waals surface area contributed by atoms with E-state index in [9.17, 15) is 18.3 Å². The van der Waals surface area contributed by atoms with Gasteiger partial charge in [-0.05, 0) is 18.2 Å². The van der Waals surface area contributed by atoms with E-state index in [1.807, 2.05) is 0 Å². The second kappa shape index (κ2) is 4.01. The predicted octanol–water partition coefficient (Wildman–Crippen LogP) is 1.57. The zero-order valence-corrected chi connectivity index (χ0v) is 8.62. The maximum absolute atomic E-state index is 12.5. The lowest BCUT2D eigenvalue weighted by atomic mass is 10.1.